The molecule has 2 heterocycles. The Morgan fingerprint density at radius 2 is 1.80 bits per heavy atom. The van der Waals surface area contributed by atoms with Gasteiger partial charge in [-0.25, -0.2) is 4.52 Å². The number of rotatable bonds is 3. The molecule has 0 saturated heterocycles. The third-order valence-electron chi connectivity index (χ3n) is 5.47. The van der Waals surface area contributed by atoms with Crippen LogP contribution < -0.4 is 0 Å². The van der Waals surface area contributed by atoms with Gasteiger partial charge >= 0.3 is 0 Å². The van der Waals surface area contributed by atoms with Crippen molar-refractivity contribution in [2.75, 3.05) is 0 Å². The summed E-state index contributed by atoms with van der Waals surface area (Å²) in [5.41, 5.74) is 5.76. The van der Waals surface area contributed by atoms with Crippen molar-refractivity contribution >= 4 is 29.1 Å². The second-order valence-corrected chi connectivity index (χ2v) is 8.00. The third kappa shape index (κ3) is 3.31. The van der Waals surface area contributed by atoms with Crippen LogP contribution in [0.2, 0.25) is 5.02 Å². The monoisotopic (exact) mass is 414 g/mol. The number of halogens is 1. The SMILES string of the molecule is Cc1nn2c3c(nnc2c1-c1ccc(Cl)cc1)C(=O)CC(/C=C/c1ccccc1)C3. The van der Waals surface area contributed by atoms with E-state index < -0.39 is 0 Å². The second-order valence-electron chi connectivity index (χ2n) is 7.56. The lowest BCUT2D eigenvalue weighted by atomic mass is 9.88. The zero-order valence-electron chi connectivity index (χ0n) is 16.4. The van der Waals surface area contributed by atoms with Crippen LogP contribution in [0.3, 0.4) is 0 Å². The molecule has 1 aliphatic carbocycles. The molecular weight excluding hydrogens is 396 g/mol. The van der Waals surface area contributed by atoms with Gasteiger partial charge in [-0.1, -0.05) is 66.2 Å². The Bertz CT molecular complexity index is 1280. The zero-order chi connectivity index (χ0) is 20.7. The highest BCUT2D eigenvalue weighted by molar-refractivity contribution is 6.30. The van der Waals surface area contributed by atoms with Gasteiger partial charge in [-0.05, 0) is 42.5 Å². The average molecular weight is 415 g/mol. The summed E-state index contributed by atoms with van der Waals surface area (Å²) in [5.74, 6) is 0.107. The van der Waals surface area contributed by atoms with Gasteiger partial charge in [0.2, 0.25) is 0 Å². The molecule has 1 unspecified atom stereocenters. The summed E-state index contributed by atoms with van der Waals surface area (Å²) in [7, 11) is 0. The van der Waals surface area contributed by atoms with Crippen LogP contribution in [0.25, 0.3) is 22.9 Å². The van der Waals surface area contributed by atoms with Gasteiger partial charge in [-0.2, -0.15) is 5.10 Å². The lowest BCUT2D eigenvalue weighted by Crippen LogP contribution is -2.24. The number of carbonyl (C=O) groups is 1. The molecule has 0 fully saturated rings. The molecule has 1 atom stereocenters. The van der Waals surface area contributed by atoms with Crippen molar-refractivity contribution in [3.63, 3.8) is 0 Å². The van der Waals surface area contributed by atoms with E-state index in [1.807, 2.05) is 61.5 Å². The number of benzene rings is 2. The maximum atomic E-state index is 12.8. The fourth-order valence-electron chi connectivity index (χ4n) is 4.01. The molecule has 0 amide bonds. The molecule has 30 heavy (non-hydrogen) atoms. The summed E-state index contributed by atoms with van der Waals surface area (Å²) in [6.07, 6.45) is 5.31. The highest BCUT2D eigenvalue weighted by atomic mass is 35.5. The molecule has 5 rings (SSSR count). The van der Waals surface area contributed by atoms with Crippen LogP contribution in [0.15, 0.2) is 60.7 Å². The van der Waals surface area contributed by atoms with E-state index in [0.29, 0.717) is 29.2 Å². The summed E-state index contributed by atoms with van der Waals surface area (Å²) in [5, 5.41) is 14.0. The van der Waals surface area contributed by atoms with Crippen LogP contribution in [0.4, 0.5) is 0 Å². The number of aryl methyl sites for hydroxylation is 1. The van der Waals surface area contributed by atoms with Gasteiger partial charge in [0.1, 0.15) is 0 Å². The first kappa shape index (κ1) is 18.7. The molecule has 0 saturated carbocycles. The van der Waals surface area contributed by atoms with Gasteiger partial charge in [0.25, 0.3) is 0 Å². The van der Waals surface area contributed by atoms with Crippen molar-refractivity contribution in [1.29, 1.82) is 0 Å². The maximum absolute atomic E-state index is 12.8. The summed E-state index contributed by atoms with van der Waals surface area (Å²) in [6.45, 7) is 1.95. The van der Waals surface area contributed by atoms with E-state index >= 15 is 0 Å². The summed E-state index contributed by atoms with van der Waals surface area (Å²) in [6, 6.07) is 17.7. The Morgan fingerprint density at radius 3 is 2.57 bits per heavy atom. The van der Waals surface area contributed by atoms with Crippen LogP contribution in [-0.4, -0.2) is 25.6 Å². The van der Waals surface area contributed by atoms with Crippen molar-refractivity contribution in [3.05, 3.63) is 88.3 Å². The topological polar surface area (TPSA) is 60.1 Å². The molecule has 0 spiro atoms. The minimum absolute atomic E-state index is 0.00885. The lowest BCUT2D eigenvalue weighted by Gasteiger charge is -2.20. The molecule has 1 aliphatic rings. The molecule has 2 aromatic carbocycles. The van der Waals surface area contributed by atoms with Gasteiger partial charge in [-0.3, -0.25) is 4.79 Å². The van der Waals surface area contributed by atoms with Crippen molar-refractivity contribution in [2.24, 2.45) is 5.92 Å². The van der Waals surface area contributed by atoms with Crippen LogP contribution in [0, 0.1) is 12.8 Å². The van der Waals surface area contributed by atoms with Crippen molar-refractivity contribution in [1.82, 2.24) is 19.8 Å². The van der Waals surface area contributed by atoms with Gasteiger partial charge in [0.15, 0.2) is 17.1 Å². The minimum atomic E-state index is 0.00885. The fraction of sp³-hybridized carbons (Fsp3) is 0.167. The minimum Gasteiger partial charge on any atom is -0.292 e. The molecule has 2 aromatic heterocycles. The number of allylic oxidation sites excluding steroid dienone is 1. The van der Waals surface area contributed by atoms with E-state index in [1.165, 1.54) is 0 Å². The summed E-state index contributed by atoms with van der Waals surface area (Å²) < 4.78 is 1.79. The standard InChI is InChI=1S/C24H19ClN4O/c1-15-22(18-9-11-19(25)12-10-18)24-27-26-23-20(29(24)28-15)13-17(14-21(23)30)8-7-16-5-3-2-4-6-16/h2-12,17H,13-14H2,1H3/b8-7+. The molecule has 0 aliphatic heterocycles. The number of fused-ring (bicyclic) bond motifs is 3. The van der Waals surface area contributed by atoms with Gasteiger partial charge in [0, 0.05) is 11.4 Å². The Kier molecular flexibility index (Phi) is 4.68. The fourth-order valence-corrected chi connectivity index (χ4v) is 4.13. The second kappa shape index (κ2) is 7.50. The van der Waals surface area contributed by atoms with E-state index in [9.17, 15) is 4.79 Å². The van der Waals surface area contributed by atoms with Gasteiger partial charge in [-0.15, -0.1) is 10.2 Å². The van der Waals surface area contributed by atoms with E-state index in [-0.39, 0.29) is 11.7 Å². The van der Waals surface area contributed by atoms with Crippen LogP contribution >= 0.6 is 11.6 Å². The molecule has 0 bridgehead atoms. The number of nitrogens with zero attached hydrogens (tertiary/aromatic N) is 4. The molecular formula is C24H19ClN4O. The molecule has 0 N–H and O–H groups in total. The Labute approximate surface area is 179 Å². The first-order valence-electron chi connectivity index (χ1n) is 9.87. The molecule has 148 valence electrons. The van der Waals surface area contributed by atoms with E-state index in [2.05, 4.69) is 22.3 Å². The number of aromatic nitrogens is 4. The largest absolute Gasteiger partial charge is 0.292 e. The molecule has 6 heteroatoms. The highest BCUT2D eigenvalue weighted by Gasteiger charge is 2.29. The van der Waals surface area contributed by atoms with Crippen LogP contribution in [0.5, 0.6) is 0 Å². The molecule has 5 nitrogen and oxygen atoms in total. The van der Waals surface area contributed by atoms with E-state index in [1.54, 1.807) is 4.52 Å². The number of carbonyl (C=O) groups excluding carboxylic acids is 1. The molecule has 4 aromatic rings. The summed E-state index contributed by atoms with van der Waals surface area (Å²) >= 11 is 6.04. The quantitative estimate of drug-likeness (QED) is 0.461. The van der Waals surface area contributed by atoms with Crippen molar-refractivity contribution in [2.45, 2.75) is 19.8 Å². The zero-order valence-corrected chi connectivity index (χ0v) is 17.2. The predicted molar refractivity (Wildman–Crippen MR) is 118 cm³/mol. The number of Topliss-reactive ketones (excluding diaryl/α,β-unsaturated/α-hetero) is 1. The third-order valence-corrected chi connectivity index (χ3v) is 5.72. The number of hydrogen-bond donors (Lipinski definition) is 0. The predicted octanol–water partition coefficient (Wildman–Crippen LogP) is 5.21. The number of hydrogen-bond acceptors (Lipinski definition) is 4. The van der Waals surface area contributed by atoms with E-state index in [4.69, 9.17) is 16.7 Å². The normalized spacial score (nSPS) is 16.3. The van der Waals surface area contributed by atoms with Crippen LogP contribution in [0.1, 0.15) is 33.9 Å². The van der Waals surface area contributed by atoms with Gasteiger partial charge < -0.3 is 0 Å². The Morgan fingerprint density at radius 1 is 1.03 bits per heavy atom. The van der Waals surface area contributed by atoms with Crippen molar-refractivity contribution < 1.29 is 4.79 Å². The smallest absolute Gasteiger partial charge is 0.185 e. The Balaban J connectivity index is 1.56. The van der Waals surface area contributed by atoms with Gasteiger partial charge in [0.05, 0.1) is 17.0 Å². The molecule has 0 radical (unpaired) electrons. The van der Waals surface area contributed by atoms with Crippen LogP contribution in [-0.2, 0) is 6.42 Å². The first-order chi connectivity index (χ1) is 14.6. The van der Waals surface area contributed by atoms with Crippen molar-refractivity contribution in [3.8, 4) is 11.1 Å². The highest BCUT2D eigenvalue weighted by Crippen LogP contribution is 2.31. The average Bonchev–Trinajstić information content (AvgIpc) is 3.10. The Hall–Kier alpha value is -3.31. The van der Waals surface area contributed by atoms with E-state index in [0.717, 1.165) is 28.1 Å². The number of ketones is 1. The maximum Gasteiger partial charge on any atom is 0.185 e. The first-order valence-corrected chi connectivity index (χ1v) is 10.3. The summed E-state index contributed by atoms with van der Waals surface area (Å²) in [4.78, 5) is 12.8. The lowest BCUT2D eigenvalue weighted by molar-refractivity contribution is 0.0950.